The second kappa shape index (κ2) is 3.54. The van der Waals surface area contributed by atoms with E-state index in [0.29, 0.717) is 6.61 Å². The van der Waals surface area contributed by atoms with Crippen molar-refractivity contribution in [2.24, 2.45) is 5.92 Å². The maximum atomic E-state index is 10.5. The Morgan fingerprint density at radius 2 is 2.09 bits per heavy atom. The van der Waals surface area contributed by atoms with E-state index in [1.807, 2.05) is 0 Å². The summed E-state index contributed by atoms with van der Waals surface area (Å²) in [5.74, 6) is 0.719. The van der Waals surface area contributed by atoms with Crippen LogP contribution in [0.2, 0.25) is 0 Å². The highest BCUT2D eigenvalue weighted by Crippen LogP contribution is 2.29. The fourth-order valence-corrected chi connectivity index (χ4v) is 1.55. The molecule has 0 atom stereocenters. The van der Waals surface area contributed by atoms with Gasteiger partial charge in [0.1, 0.15) is 0 Å². The van der Waals surface area contributed by atoms with Gasteiger partial charge in [-0.3, -0.25) is 4.18 Å². The van der Waals surface area contributed by atoms with Crippen molar-refractivity contribution in [1.82, 2.24) is 0 Å². The van der Waals surface area contributed by atoms with Gasteiger partial charge in [-0.25, -0.2) is 0 Å². The molecule has 0 amide bonds. The van der Waals surface area contributed by atoms with E-state index in [0.717, 1.165) is 18.6 Å². The van der Waals surface area contributed by atoms with Gasteiger partial charge in [0.05, 0.1) is 12.9 Å². The zero-order valence-corrected chi connectivity index (χ0v) is 7.56. The lowest BCUT2D eigenvalue weighted by atomic mass is 9.83. The molecule has 1 rings (SSSR count). The molecule has 0 unspecified atom stereocenters. The van der Waals surface area contributed by atoms with Gasteiger partial charge in [-0.2, -0.15) is 8.42 Å². The molecule has 1 saturated carbocycles. The number of rotatable bonds is 4. The van der Waals surface area contributed by atoms with Gasteiger partial charge in [-0.15, -0.1) is 0 Å². The van der Waals surface area contributed by atoms with Crippen LogP contribution in [0.15, 0.2) is 0 Å². The summed E-state index contributed by atoms with van der Waals surface area (Å²) in [5.41, 5.74) is 0. The van der Waals surface area contributed by atoms with Crippen LogP contribution in [0, 0.1) is 5.92 Å². The first-order chi connectivity index (χ1) is 5.08. The van der Waals surface area contributed by atoms with E-state index in [-0.39, 0.29) is 0 Å². The highest BCUT2D eigenvalue weighted by molar-refractivity contribution is 7.85. The van der Waals surface area contributed by atoms with Crippen LogP contribution in [0.4, 0.5) is 0 Å². The van der Waals surface area contributed by atoms with Crippen molar-refractivity contribution >= 4 is 10.1 Å². The smallest absolute Gasteiger partial charge is 0.264 e. The average Bonchev–Trinajstić information content (AvgIpc) is 1.73. The molecule has 0 spiro atoms. The van der Waals surface area contributed by atoms with Crippen LogP contribution in [-0.4, -0.2) is 21.3 Å². The topological polar surface area (TPSA) is 43.4 Å². The Labute approximate surface area is 67.9 Å². The summed E-state index contributed by atoms with van der Waals surface area (Å²) >= 11 is 0. The molecular formula is C7H14O3S. The molecule has 0 aliphatic heterocycles. The molecule has 3 nitrogen and oxygen atoms in total. The number of hydrogen-bond acceptors (Lipinski definition) is 3. The molecular weight excluding hydrogens is 164 g/mol. The van der Waals surface area contributed by atoms with E-state index in [9.17, 15) is 8.42 Å². The minimum atomic E-state index is -3.20. The molecule has 4 heteroatoms. The summed E-state index contributed by atoms with van der Waals surface area (Å²) in [7, 11) is -3.20. The molecule has 0 saturated heterocycles. The van der Waals surface area contributed by atoms with E-state index in [2.05, 4.69) is 4.18 Å². The van der Waals surface area contributed by atoms with Crippen molar-refractivity contribution in [3.63, 3.8) is 0 Å². The monoisotopic (exact) mass is 178 g/mol. The second-order valence-corrected chi connectivity index (χ2v) is 4.76. The summed E-state index contributed by atoms with van der Waals surface area (Å²) in [5, 5.41) is 0. The predicted octanol–water partition coefficient (Wildman–Crippen LogP) is 1.15. The first-order valence-electron chi connectivity index (χ1n) is 3.92. The van der Waals surface area contributed by atoms with Gasteiger partial charge in [0.2, 0.25) is 0 Å². The molecule has 11 heavy (non-hydrogen) atoms. The minimum absolute atomic E-state index is 0.365. The second-order valence-electron chi connectivity index (χ2n) is 3.11. The molecule has 66 valence electrons. The molecule has 0 aromatic carbocycles. The third-order valence-electron chi connectivity index (χ3n) is 2.05. The van der Waals surface area contributed by atoms with Crippen LogP contribution in [0.3, 0.4) is 0 Å². The Hall–Kier alpha value is -0.0900. The Bertz CT molecular complexity index is 204. The Morgan fingerprint density at radius 1 is 1.45 bits per heavy atom. The first-order valence-corrected chi connectivity index (χ1v) is 5.74. The lowest BCUT2D eigenvalue weighted by molar-refractivity contribution is 0.227. The highest BCUT2D eigenvalue weighted by atomic mass is 32.2. The van der Waals surface area contributed by atoms with Crippen LogP contribution >= 0.6 is 0 Å². The zero-order valence-electron chi connectivity index (χ0n) is 6.75. The van der Waals surface area contributed by atoms with Crippen molar-refractivity contribution < 1.29 is 12.6 Å². The SMILES string of the molecule is CS(=O)(=O)OCCC1CCC1. The maximum absolute atomic E-state index is 10.5. The molecule has 1 fully saturated rings. The number of hydrogen-bond donors (Lipinski definition) is 0. The van der Waals surface area contributed by atoms with Gasteiger partial charge < -0.3 is 0 Å². The van der Waals surface area contributed by atoms with Crippen LogP contribution in [-0.2, 0) is 14.3 Å². The molecule has 0 aromatic heterocycles. The van der Waals surface area contributed by atoms with Crippen LogP contribution in [0.25, 0.3) is 0 Å². The Kier molecular flexibility index (Phi) is 2.90. The standard InChI is InChI=1S/C7H14O3S/c1-11(8,9)10-6-5-7-3-2-4-7/h7H,2-6H2,1H3. The van der Waals surface area contributed by atoms with Crippen LogP contribution in [0.5, 0.6) is 0 Å². The molecule has 1 aliphatic carbocycles. The third kappa shape index (κ3) is 3.72. The summed E-state index contributed by atoms with van der Waals surface area (Å²) in [6.07, 6.45) is 5.77. The van der Waals surface area contributed by atoms with Gasteiger partial charge in [-0.05, 0) is 12.3 Å². The summed E-state index contributed by atoms with van der Waals surface area (Å²) in [4.78, 5) is 0. The molecule has 1 aliphatic rings. The van der Waals surface area contributed by atoms with Crippen molar-refractivity contribution in [2.75, 3.05) is 12.9 Å². The maximum Gasteiger partial charge on any atom is 0.264 e. The molecule has 0 radical (unpaired) electrons. The van der Waals surface area contributed by atoms with E-state index in [1.165, 1.54) is 19.3 Å². The van der Waals surface area contributed by atoms with Crippen LogP contribution < -0.4 is 0 Å². The fraction of sp³-hybridized carbons (Fsp3) is 1.00. The highest BCUT2D eigenvalue weighted by Gasteiger charge is 2.17. The van der Waals surface area contributed by atoms with Crippen molar-refractivity contribution in [1.29, 1.82) is 0 Å². The normalized spacial score (nSPS) is 19.7. The fourth-order valence-electron chi connectivity index (χ4n) is 1.15. The molecule has 0 aromatic rings. The Morgan fingerprint density at radius 3 is 2.45 bits per heavy atom. The molecule has 0 N–H and O–H groups in total. The minimum Gasteiger partial charge on any atom is -0.270 e. The average molecular weight is 178 g/mol. The lowest BCUT2D eigenvalue weighted by Crippen LogP contribution is -2.15. The van der Waals surface area contributed by atoms with Gasteiger partial charge in [0, 0.05) is 0 Å². The summed E-state index contributed by atoms with van der Waals surface area (Å²) in [6.45, 7) is 0.365. The van der Waals surface area contributed by atoms with Crippen molar-refractivity contribution in [3.05, 3.63) is 0 Å². The van der Waals surface area contributed by atoms with Gasteiger partial charge >= 0.3 is 0 Å². The van der Waals surface area contributed by atoms with E-state index in [1.54, 1.807) is 0 Å². The molecule has 0 bridgehead atoms. The van der Waals surface area contributed by atoms with Crippen molar-refractivity contribution in [2.45, 2.75) is 25.7 Å². The zero-order chi connectivity index (χ0) is 8.32. The van der Waals surface area contributed by atoms with Crippen molar-refractivity contribution in [3.8, 4) is 0 Å². The van der Waals surface area contributed by atoms with Gasteiger partial charge in [0.15, 0.2) is 0 Å². The molecule has 0 heterocycles. The first kappa shape index (κ1) is 9.00. The van der Waals surface area contributed by atoms with E-state index >= 15 is 0 Å². The van der Waals surface area contributed by atoms with E-state index < -0.39 is 10.1 Å². The Balaban J connectivity index is 2.04. The van der Waals surface area contributed by atoms with Crippen LogP contribution in [0.1, 0.15) is 25.7 Å². The summed E-state index contributed by atoms with van der Waals surface area (Å²) < 4.78 is 25.6. The largest absolute Gasteiger partial charge is 0.270 e. The quantitative estimate of drug-likeness (QED) is 0.606. The third-order valence-corrected chi connectivity index (χ3v) is 2.64. The predicted molar refractivity (Wildman–Crippen MR) is 42.8 cm³/mol. The van der Waals surface area contributed by atoms with E-state index in [4.69, 9.17) is 0 Å². The lowest BCUT2D eigenvalue weighted by Gasteiger charge is -2.24. The van der Waals surface area contributed by atoms with Gasteiger partial charge in [0.25, 0.3) is 10.1 Å². The summed E-state index contributed by atoms with van der Waals surface area (Å²) in [6, 6.07) is 0. The van der Waals surface area contributed by atoms with Gasteiger partial charge in [-0.1, -0.05) is 19.3 Å².